The number of benzene rings is 2. The van der Waals surface area contributed by atoms with Crippen molar-refractivity contribution < 1.29 is 33.3 Å². The zero-order chi connectivity index (χ0) is 28.4. The van der Waals surface area contributed by atoms with E-state index in [-0.39, 0.29) is 37.6 Å². The summed E-state index contributed by atoms with van der Waals surface area (Å²) in [4.78, 5) is 39.7. The Morgan fingerprint density at radius 2 is 1.31 bits per heavy atom. The number of hydrogen-bond donors (Lipinski definition) is 0. The van der Waals surface area contributed by atoms with Crippen LogP contribution in [-0.4, -0.2) is 61.8 Å². The van der Waals surface area contributed by atoms with E-state index in [1.165, 1.54) is 0 Å². The summed E-state index contributed by atoms with van der Waals surface area (Å²) < 4.78 is 22.3. The van der Waals surface area contributed by atoms with Crippen LogP contribution in [0.2, 0.25) is 0 Å². The Labute approximate surface area is 231 Å². The number of ether oxygens (including phenoxy) is 4. The third kappa shape index (κ3) is 9.01. The van der Waals surface area contributed by atoms with Crippen LogP contribution in [0.1, 0.15) is 68.2 Å². The summed E-state index contributed by atoms with van der Waals surface area (Å²) in [5, 5.41) is 0. The number of hydrogen-bond acceptors (Lipinski definition) is 7. The molecule has 0 aliphatic carbocycles. The van der Waals surface area contributed by atoms with Gasteiger partial charge in [0.2, 0.25) is 5.91 Å². The van der Waals surface area contributed by atoms with E-state index in [1.54, 1.807) is 53.4 Å². The first kappa shape index (κ1) is 30.0. The second-order valence-electron chi connectivity index (χ2n) is 10.7. The fourth-order valence-electron chi connectivity index (χ4n) is 4.24. The molecule has 1 amide bonds. The summed E-state index contributed by atoms with van der Waals surface area (Å²) in [6.45, 7) is 11.8. The highest BCUT2D eigenvalue weighted by atomic mass is 16.5. The Bertz CT molecular complexity index is 1080. The molecular formula is C31H41NO7. The topological polar surface area (TPSA) is 91.4 Å². The van der Waals surface area contributed by atoms with E-state index in [9.17, 15) is 14.4 Å². The maximum Gasteiger partial charge on any atom is 0.338 e. The van der Waals surface area contributed by atoms with E-state index in [0.717, 1.165) is 0 Å². The van der Waals surface area contributed by atoms with Crippen LogP contribution in [0.4, 0.5) is 0 Å². The van der Waals surface area contributed by atoms with Crippen molar-refractivity contribution >= 4 is 17.8 Å². The molecule has 2 aromatic carbocycles. The van der Waals surface area contributed by atoms with Gasteiger partial charge >= 0.3 is 11.9 Å². The summed E-state index contributed by atoms with van der Waals surface area (Å²) in [7, 11) is 0. The summed E-state index contributed by atoms with van der Waals surface area (Å²) in [5.74, 6) is 1.14. The van der Waals surface area contributed by atoms with Crippen molar-refractivity contribution in [2.24, 2.45) is 17.8 Å². The van der Waals surface area contributed by atoms with Crippen LogP contribution in [-0.2, 0) is 14.3 Å². The number of amides is 1. The summed E-state index contributed by atoms with van der Waals surface area (Å²) in [6, 6.07) is 13.4. The standard InChI is InChI=1S/C31H41NO7/c1-6-23-17-26(20-39-31(35)25-9-13-28(14-10-25)38-19-22(4)5)32(29(23)33)15-16-36-30(34)24-7-11-27(12-8-24)37-18-21(2)3/h7-14,21-23,26H,6,15-20H2,1-5H3/t23-,26-/m1/s1. The lowest BCUT2D eigenvalue weighted by Crippen LogP contribution is -2.39. The van der Waals surface area contributed by atoms with Gasteiger partial charge < -0.3 is 23.8 Å². The Morgan fingerprint density at radius 1 is 0.821 bits per heavy atom. The van der Waals surface area contributed by atoms with Crippen molar-refractivity contribution in [1.82, 2.24) is 4.90 Å². The molecule has 0 N–H and O–H groups in total. The Balaban J connectivity index is 1.50. The highest BCUT2D eigenvalue weighted by molar-refractivity contribution is 5.90. The van der Waals surface area contributed by atoms with Crippen molar-refractivity contribution in [3.63, 3.8) is 0 Å². The lowest BCUT2D eigenvalue weighted by Gasteiger charge is -2.24. The molecule has 1 saturated heterocycles. The minimum Gasteiger partial charge on any atom is -0.493 e. The molecule has 0 spiro atoms. The molecule has 2 atom stereocenters. The lowest BCUT2D eigenvalue weighted by atomic mass is 10.0. The van der Waals surface area contributed by atoms with Crippen LogP contribution in [0.25, 0.3) is 0 Å². The number of esters is 2. The number of rotatable bonds is 14. The molecule has 0 saturated carbocycles. The number of carbonyl (C=O) groups excluding carboxylic acids is 3. The first-order valence-corrected chi connectivity index (χ1v) is 13.8. The summed E-state index contributed by atoms with van der Waals surface area (Å²) in [5.41, 5.74) is 0.835. The molecule has 3 rings (SSSR count). The van der Waals surface area contributed by atoms with Crippen LogP contribution in [0.3, 0.4) is 0 Å². The SMILES string of the molecule is CC[C@@H]1C[C@H](COC(=O)c2ccc(OCC(C)C)cc2)N(CCOC(=O)c2ccc(OCC(C)C)cc2)C1=O. The molecule has 2 aromatic rings. The third-order valence-electron chi connectivity index (χ3n) is 6.44. The van der Waals surface area contributed by atoms with Gasteiger partial charge in [-0.25, -0.2) is 9.59 Å². The van der Waals surface area contributed by atoms with Crippen molar-refractivity contribution in [3.8, 4) is 11.5 Å². The molecule has 8 heteroatoms. The van der Waals surface area contributed by atoms with E-state index in [0.29, 0.717) is 60.5 Å². The molecule has 1 heterocycles. The number of likely N-dealkylation sites (tertiary alicyclic amines) is 1. The largest absolute Gasteiger partial charge is 0.493 e. The molecule has 8 nitrogen and oxygen atoms in total. The minimum atomic E-state index is -0.465. The van der Waals surface area contributed by atoms with Gasteiger partial charge in [0, 0.05) is 5.92 Å². The molecule has 0 aromatic heterocycles. The fourth-order valence-corrected chi connectivity index (χ4v) is 4.24. The predicted molar refractivity (Wildman–Crippen MR) is 148 cm³/mol. The first-order chi connectivity index (χ1) is 18.7. The van der Waals surface area contributed by atoms with E-state index in [4.69, 9.17) is 18.9 Å². The Morgan fingerprint density at radius 3 is 1.77 bits per heavy atom. The third-order valence-corrected chi connectivity index (χ3v) is 6.44. The van der Waals surface area contributed by atoms with E-state index in [1.807, 2.05) is 6.92 Å². The van der Waals surface area contributed by atoms with Gasteiger partial charge in [0.1, 0.15) is 24.7 Å². The van der Waals surface area contributed by atoms with Gasteiger partial charge in [-0.05, 0) is 73.2 Å². The molecule has 0 unspecified atom stereocenters. The van der Waals surface area contributed by atoms with Crippen molar-refractivity contribution in [1.29, 1.82) is 0 Å². The average Bonchev–Trinajstić information content (AvgIpc) is 3.23. The monoisotopic (exact) mass is 539 g/mol. The van der Waals surface area contributed by atoms with Crippen LogP contribution in [0.5, 0.6) is 11.5 Å². The first-order valence-electron chi connectivity index (χ1n) is 13.8. The van der Waals surface area contributed by atoms with Crippen molar-refractivity contribution in [2.45, 2.75) is 53.5 Å². The Kier molecular flexibility index (Phi) is 11.2. The number of carbonyl (C=O) groups is 3. The zero-order valence-electron chi connectivity index (χ0n) is 23.7. The summed E-state index contributed by atoms with van der Waals surface area (Å²) >= 11 is 0. The van der Waals surface area contributed by atoms with Gasteiger partial charge in [-0.3, -0.25) is 4.79 Å². The van der Waals surface area contributed by atoms with Crippen molar-refractivity contribution in [3.05, 3.63) is 59.7 Å². The fraction of sp³-hybridized carbons (Fsp3) is 0.516. The van der Waals surface area contributed by atoms with Gasteiger partial charge in [-0.15, -0.1) is 0 Å². The Hall–Kier alpha value is -3.55. The molecule has 212 valence electrons. The smallest absolute Gasteiger partial charge is 0.338 e. The molecule has 1 fully saturated rings. The highest BCUT2D eigenvalue weighted by Gasteiger charge is 2.39. The predicted octanol–water partition coefficient (Wildman–Crippen LogP) is 5.40. The van der Waals surface area contributed by atoms with Gasteiger partial charge in [0.05, 0.1) is 36.9 Å². The lowest BCUT2D eigenvalue weighted by molar-refractivity contribution is -0.133. The number of nitrogens with zero attached hydrogens (tertiary/aromatic N) is 1. The normalized spacial score (nSPS) is 17.0. The second kappa shape index (κ2) is 14.6. The zero-order valence-corrected chi connectivity index (χ0v) is 23.7. The van der Waals surface area contributed by atoms with Crippen molar-refractivity contribution in [2.75, 3.05) is 33.0 Å². The summed E-state index contributed by atoms with van der Waals surface area (Å²) in [6.07, 6.45) is 1.29. The maximum absolute atomic E-state index is 12.9. The molecule has 0 bridgehead atoms. The van der Waals surface area contributed by atoms with Crippen LogP contribution in [0, 0.1) is 17.8 Å². The average molecular weight is 540 g/mol. The van der Waals surface area contributed by atoms with E-state index < -0.39 is 11.9 Å². The quantitative estimate of drug-likeness (QED) is 0.297. The maximum atomic E-state index is 12.9. The molecule has 39 heavy (non-hydrogen) atoms. The van der Waals surface area contributed by atoms with Gasteiger partial charge in [0.25, 0.3) is 0 Å². The molecule has 1 aliphatic rings. The second-order valence-corrected chi connectivity index (χ2v) is 10.7. The van der Waals surface area contributed by atoms with Crippen LogP contribution < -0.4 is 9.47 Å². The van der Waals surface area contributed by atoms with Crippen LogP contribution >= 0.6 is 0 Å². The van der Waals surface area contributed by atoms with Gasteiger partial charge in [-0.1, -0.05) is 34.6 Å². The van der Waals surface area contributed by atoms with E-state index in [2.05, 4.69) is 27.7 Å². The van der Waals surface area contributed by atoms with Crippen LogP contribution in [0.15, 0.2) is 48.5 Å². The van der Waals surface area contributed by atoms with Gasteiger partial charge in [-0.2, -0.15) is 0 Å². The van der Waals surface area contributed by atoms with E-state index >= 15 is 0 Å². The molecular weight excluding hydrogens is 498 g/mol. The highest BCUT2D eigenvalue weighted by Crippen LogP contribution is 2.27. The molecule has 1 aliphatic heterocycles. The molecule has 0 radical (unpaired) electrons. The van der Waals surface area contributed by atoms with Gasteiger partial charge in [0.15, 0.2) is 0 Å². The minimum absolute atomic E-state index is 0.00657.